The number of anilines is 1. The van der Waals surface area contributed by atoms with E-state index in [1.54, 1.807) is 12.3 Å². The van der Waals surface area contributed by atoms with E-state index in [4.69, 9.17) is 0 Å². The maximum absolute atomic E-state index is 11.9. The number of carbonyl (C=O) groups is 2. The molecule has 2 rings (SSSR count). The highest BCUT2D eigenvalue weighted by molar-refractivity contribution is 6.40. The van der Waals surface area contributed by atoms with Crippen LogP contribution in [0.15, 0.2) is 30.5 Å². The zero-order valence-corrected chi connectivity index (χ0v) is 13.0. The van der Waals surface area contributed by atoms with Crippen molar-refractivity contribution in [2.75, 3.05) is 31.5 Å². The standard InChI is InChI=1S/C16H22N4O2/c1-3-20(4-2)11-10-18-15(21)16(22)19-14-7-5-6-13-12(14)8-9-17-13/h5-9,17H,3-4,10-11H2,1-2H3,(H,18,21)(H,19,22). The quantitative estimate of drug-likeness (QED) is 0.709. The predicted molar refractivity (Wildman–Crippen MR) is 87.7 cm³/mol. The minimum atomic E-state index is -0.645. The second-order valence-corrected chi connectivity index (χ2v) is 4.98. The SMILES string of the molecule is CCN(CC)CCNC(=O)C(=O)Nc1cccc2[nH]ccc12. The van der Waals surface area contributed by atoms with Gasteiger partial charge in [-0.25, -0.2) is 0 Å². The summed E-state index contributed by atoms with van der Waals surface area (Å²) in [5, 5.41) is 6.18. The highest BCUT2D eigenvalue weighted by Gasteiger charge is 2.14. The average Bonchev–Trinajstić information content (AvgIpc) is 3.01. The Morgan fingerprint density at radius 1 is 1.14 bits per heavy atom. The highest BCUT2D eigenvalue weighted by atomic mass is 16.2. The molecule has 0 bridgehead atoms. The number of fused-ring (bicyclic) bond motifs is 1. The van der Waals surface area contributed by atoms with E-state index in [1.807, 2.05) is 18.2 Å². The van der Waals surface area contributed by atoms with Gasteiger partial charge in [0.25, 0.3) is 0 Å². The number of aromatic nitrogens is 1. The second kappa shape index (κ2) is 7.61. The summed E-state index contributed by atoms with van der Waals surface area (Å²) in [6, 6.07) is 7.38. The van der Waals surface area contributed by atoms with Gasteiger partial charge in [-0.05, 0) is 31.3 Å². The van der Waals surface area contributed by atoms with E-state index in [1.165, 1.54) is 0 Å². The van der Waals surface area contributed by atoms with E-state index in [9.17, 15) is 9.59 Å². The van der Waals surface area contributed by atoms with E-state index in [0.717, 1.165) is 30.5 Å². The van der Waals surface area contributed by atoms with Crippen molar-refractivity contribution in [3.8, 4) is 0 Å². The number of hydrogen-bond acceptors (Lipinski definition) is 3. The van der Waals surface area contributed by atoms with Gasteiger partial charge >= 0.3 is 11.8 Å². The molecular weight excluding hydrogens is 280 g/mol. The lowest BCUT2D eigenvalue weighted by molar-refractivity contribution is -0.136. The maximum atomic E-state index is 11.9. The van der Waals surface area contributed by atoms with Gasteiger partial charge in [0.05, 0.1) is 5.69 Å². The first-order valence-electron chi connectivity index (χ1n) is 7.53. The monoisotopic (exact) mass is 302 g/mol. The molecule has 0 saturated heterocycles. The van der Waals surface area contributed by atoms with Crippen molar-refractivity contribution in [3.05, 3.63) is 30.5 Å². The van der Waals surface area contributed by atoms with Crippen LogP contribution in [0.1, 0.15) is 13.8 Å². The summed E-state index contributed by atoms with van der Waals surface area (Å²) < 4.78 is 0. The zero-order chi connectivity index (χ0) is 15.9. The Morgan fingerprint density at radius 3 is 2.64 bits per heavy atom. The molecule has 0 aliphatic carbocycles. The Morgan fingerprint density at radius 2 is 1.91 bits per heavy atom. The third kappa shape index (κ3) is 3.85. The molecule has 0 fully saturated rings. The van der Waals surface area contributed by atoms with Crippen LogP contribution < -0.4 is 10.6 Å². The lowest BCUT2D eigenvalue weighted by Gasteiger charge is -2.17. The summed E-state index contributed by atoms with van der Waals surface area (Å²) >= 11 is 0. The third-order valence-electron chi connectivity index (χ3n) is 3.66. The van der Waals surface area contributed by atoms with Gasteiger partial charge in [0.15, 0.2) is 0 Å². The number of likely N-dealkylation sites (N-methyl/N-ethyl adjacent to an activating group) is 1. The van der Waals surface area contributed by atoms with Gasteiger partial charge < -0.3 is 20.5 Å². The van der Waals surface area contributed by atoms with Gasteiger partial charge in [0.2, 0.25) is 0 Å². The molecule has 2 aromatic rings. The molecule has 0 radical (unpaired) electrons. The molecule has 1 heterocycles. The highest BCUT2D eigenvalue weighted by Crippen LogP contribution is 2.21. The van der Waals surface area contributed by atoms with Crippen molar-refractivity contribution >= 4 is 28.4 Å². The van der Waals surface area contributed by atoms with Crippen LogP contribution >= 0.6 is 0 Å². The fourth-order valence-corrected chi connectivity index (χ4v) is 2.32. The minimum absolute atomic E-state index is 0.461. The lowest BCUT2D eigenvalue weighted by atomic mass is 10.2. The first kappa shape index (κ1) is 16.0. The molecule has 3 N–H and O–H groups in total. The van der Waals surface area contributed by atoms with Gasteiger partial charge in [0, 0.05) is 30.2 Å². The Kier molecular flexibility index (Phi) is 5.55. The van der Waals surface area contributed by atoms with Crippen LogP contribution in [-0.4, -0.2) is 47.9 Å². The van der Waals surface area contributed by atoms with Crippen LogP contribution in [0.25, 0.3) is 10.9 Å². The molecule has 0 atom stereocenters. The van der Waals surface area contributed by atoms with Crippen LogP contribution in [0.4, 0.5) is 5.69 Å². The number of aromatic amines is 1. The Labute approximate surface area is 129 Å². The number of hydrogen-bond donors (Lipinski definition) is 3. The molecule has 2 amide bonds. The van der Waals surface area contributed by atoms with Gasteiger partial charge in [-0.2, -0.15) is 0 Å². The van der Waals surface area contributed by atoms with Crippen molar-refractivity contribution < 1.29 is 9.59 Å². The molecule has 6 nitrogen and oxygen atoms in total. The van der Waals surface area contributed by atoms with Crippen molar-refractivity contribution in [1.29, 1.82) is 0 Å². The normalized spacial score (nSPS) is 10.9. The smallest absolute Gasteiger partial charge is 0.313 e. The van der Waals surface area contributed by atoms with Crippen LogP contribution in [0, 0.1) is 0 Å². The molecule has 0 spiro atoms. The molecule has 6 heteroatoms. The van der Waals surface area contributed by atoms with Crippen LogP contribution in [0.2, 0.25) is 0 Å². The van der Waals surface area contributed by atoms with Gasteiger partial charge in [-0.3, -0.25) is 9.59 Å². The number of rotatable bonds is 6. The topological polar surface area (TPSA) is 77.2 Å². The largest absolute Gasteiger partial charge is 0.361 e. The Hall–Kier alpha value is -2.34. The summed E-state index contributed by atoms with van der Waals surface area (Å²) in [5.74, 6) is -1.26. The van der Waals surface area contributed by atoms with Crippen molar-refractivity contribution in [2.24, 2.45) is 0 Å². The summed E-state index contributed by atoms with van der Waals surface area (Å²) in [5.41, 5.74) is 1.54. The Bertz CT molecular complexity index is 646. The van der Waals surface area contributed by atoms with Crippen LogP contribution in [-0.2, 0) is 9.59 Å². The molecule has 1 aromatic heterocycles. The number of nitrogens with one attached hydrogen (secondary N) is 3. The summed E-state index contributed by atoms with van der Waals surface area (Å²) in [6.45, 7) is 7.18. The average molecular weight is 302 g/mol. The van der Waals surface area contributed by atoms with E-state index in [-0.39, 0.29) is 0 Å². The minimum Gasteiger partial charge on any atom is -0.361 e. The summed E-state index contributed by atoms with van der Waals surface area (Å²) in [7, 11) is 0. The van der Waals surface area contributed by atoms with E-state index < -0.39 is 11.8 Å². The number of nitrogens with zero attached hydrogens (tertiary/aromatic N) is 1. The van der Waals surface area contributed by atoms with Gasteiger partial charge in [0.1, 0.15) is 0 Å². The Balaban J connectivity index is 1.89. The molecule has 0 aliphatic heterocycles. The third-order valence-corrected chi connectivity index (χ3v) is 3.66. The first-order valence-corrected chi connectivity index (χ1v) is 7.53. The fraction of sp³-hybridized carbons (Fsp3) is 0.375. The van der Waals surface area contributed by atoms with E-state index in [2.05, 4.69) is 34.4 Å². The second-order valence-electron chi connectivity index (χ2n) is 4.98. The van der Waals surface area contributed by atoms with E-state index in [0.29, 0.717) is 12.2 Å². The molecule has 1 aromatic carbocycles. The van der Waals surface area contributed by atoms with E-state index >= 15 is 0 Å². The molecule has 22 heavy (non-hydrogen) atoms. The zero-order valence-electron chi connectivity index (χ0n) is 13.0. The maximum Gasteiger partial charge on any atom is 0.313 e. The van der Waals surface area contributed by atoms with Crippen molar-refractivity contribution in [2.45, 2.75) is 13.8 Å². The number of H-pyrrole nitrogens is 1. The molecule has 118 valence electrons. The number of carbonyl (C=O) groups excluding carboxylic acids is 2. The molecule has 0 aliphatic rings. The number of benzene rings is 1. The molecule has 0 unspecified atom stereocenters. The lowest BCUT2D eigenvalue weighted by Crippen LogP contribution is -2.40. The predicted octanol–water partition coefficient (Wildman–Crippen LogP) is 1.56. The fourth-order valence-electron chi connectivity index (χ4n) is 2.32. The first-order chi connectivity index (χ1) is 10.7. The summed E-state index contributed by atoms with van der Waals surface area (Å²) in [4.78, 5) is 29.0. The molecular formula is C16H22N4O2. The van der Waals surface area contributed by atoms with Crippen molar-refractivity contribution in [1.82, 2.24) is 15.2 Å². The van der Waals surface area contributed by atoms with Crippen LogP contribution in [0.5, 0.6) is 0 Å². The van der Waals surface area contributed by atoms with Crippen LogP contribution in [0.3, 0.4) is 0 Å². The van der Waals surface area contributed by atoms with Crippen molar-refractivity contribution in [3.63, 3.8) is 0 Å². The molecule has 0 saturated carbocycles. The van der Waals surface area contributed by atoms with Gasteiger partial charge in [-0.1, -0.05) is 19.9 Å². The summed E-state index contributed by atoms with van der Waals surface area (Å²) in [6.07, 6.45) is 1.80. The number of amides is 2. The van der Waals surface area contributed by atoms with Gasteiger partial charge in [-0.15, -0.1) is 0 Å².